The summed E-state index contributed by atoms with van der Waals surface area (Å²) in [7, 11) is 0. The molecule has 0 unspecified atom stereocenters. The number of hydrogen-bond donors (Lipinski definition) is 0. The molecule has 0 radical (unpaired) electrons. The Balaban J connectivity index is 3.58. The molecule has 0 spiro atoms. The first kappa shape index (κ1) is 6.48. The van der Waals surface area contributed by atoms with Crippen LogP contribution in [0.1, 0.15) is 20.8 Å². The second-order valence-corrected chi connectivity index (χ2v) is 1.53. The number of hydrogen-bond acceptors (Lipinski definition) is 0. The summed E-state index contributed by atoms with van der Waals surface area (Å²) >= 11 is 0. The van der Waals surface area contributed by atoms with Gasteiger partial charge >= 0.3 is 0 Å². The van der Waals surface area contributed by atoms with E-state index in [1.807, 2.05) is 19.9 Å². The van der Waals surface area contributed by atoms with E-state index in [2.05, 4.69) is 19.1 Å². The fraction of sp³-hybridized carbons (Fsp3) is 0.429. The molecule has 0 nitrogen and oxygen atoms in total. The van der Waals surface area contributed by atoms with Crippen LogP contribution >= 0.6 is 0 Å². The lowest BCUT2D eigenvalue weighted by atomic mass is 10.3. The molecule has 0 aromatic carbocycles. The Morgan fingerprint density at radius 2 is 1.86 bits per heavy atom. The Morgan fingerprint density at radius 1 is 1.29 bits per heavy atom. The predicted molar refractivity (Wildman–Crippen MR) is 34.2 cm³/mol. The van der Waals surface area contributed by atoms with E-state index in [0.29, 0.717) is 0 Å². The van der Waals surface area contributed by atoms with Gasteiger partial charge < -0.3 is 0 Å². The third kappa shape index (κ3) is 3.31. The van der Waals surface area contributed by atoms with E-state index in [1.165, 1.54) is 5.57 Å². The van der Waals surface area contributed by atoms with Crippen molar-refractivity contribution in [2.45, 2.75) is 20.8 Å². The molecule has 0 heteroatoms. The van der Waals surface area contributed by atoms with Crippen LogP contribution in [0.25, 0.3) is 0 Å². The maximum absolute atomic E-state index is 2.08. The van der Waals surface area contributed by atoms with Crippen molar-refractivity contribution < 1.29 is 0 Å². The van der Waals surface area contributed by atoms with Crippen molar-refractivity contribution in [2.75, 3.05) is 0 Å². The molecule has 0 aromatic rings. The molecule has 0 saturated heterocycles. The van der Waals surface area contributed by atoms with Crippen LogP contribution in [-0.4, -0.2) is 0 Å². The van der Waals surface area contributed by atoms with E-state index < -0.39 is 0 Å². The fourth-order valence-electron chi connectivity index (χ4n) is 0.359. The Morgan fingerprint density at radius 3 is 2.00 bits per heavy atom. The highest BCUT2D eigenvalue weighted by Crippen LogP contribution is 1.91. The van der Waals surface area contributed by atoms with Crippen molar-refractivity contribution in [3.05, 3.63) is 23.8 Å². The van der Waals surface area contributed by atoms with E-state index in [-0.39, 0.29) is 0 Å². The van der Waals surface area contributed by atoms with Crippen LogP contribution < -0.4 is 0 Å². The third-order valence-electron chi connectivity index (χ3n) is 0.885. The first-order valence-corrected chi connectivity index (χ1v) is 2.57. The maximum atomic E-state index is 2.08. The average molecular weight is 96.2 g/mol. The zero-order valence-corrected chi connectivity index (χ0v) is 5.23. The summed E-state index contributed by atoms with van der Waals surface area (Å²) in [4.78, 5) is 0. The van der Waals surface area contributed by atoms with E-state index in [9.17, 15) is 0 Å². The average Bonchev–Trinajstić information content (AvgIpc) is 1.68. The molecule has 0 saturated carbocycles. The Labute approximate surface area is 45.5 Å². The lowest BCUT2D eigenvalue weighted by Gasteiger charge is -1.81. The first-order chi connectivity index (χ1) is 3.31. The Kier molecular flexibility index (Phi) is 3.39. The predicted octanol–water partition coefficient (Wildman–Crippen LogP) is 2.53. The van der Waals surface area contributed by atoms with Gasteiger partial charge in [0.15, 0.2) is 0 Å². The van der Waals surface area contributed by atoms with Crippen molar-refractivity contribution in [1.82, 2.24) is 0 Å². The highest BCUT2D eigenvalue weighted by atomic mass is 13.8. The molecule has 0 aliphatic rings. The molecule has 0 aliphatic carbocycles. The fourth-order valence-corrected chi connectivity index (χ4v) is 0.359. The molecule has 0 heterocycles. The van der Waals surface area contributed by atoms with Crippen molar-refractivity contribution >= 4 is 0 Å². The monoisotopic (exact) mass is 96.1 g/mol. The molecule has 0 N–H and O–H groups in total. The molecular formula is C7H12. The van der Waals surface area contributed by atoms with Crippen molar-refractivity contribution in [3.63, 3.8) is 0 Å². The molecule has 0 amide bonds. The molecule has 0 bridgehead atoms. The zero-order chi connectivity index (χ0) is 5.70. The minimum atomic E-state index is 1.32. The summed E-state index contributed by atoms with van der Waals surface area (Å²) in [6.07, 6.45) is 6.20. The second-order valence-electron chi connectivity index (χ2n) is 1.53. The van der Waals surface area contributed by atoms with Crippen molar-refractivity contribution in [3.8, 4) is 0 Å². The van der Waals surface area contributed by atoms with Crippen LogP contribution in [0.4, 0.5) is 0 Å². The van der Waals surface area contributed by atoms with Crippen LogP contribution in [0.15, 0.2) is 23.8 Å². The van der Waals surface area contributed by atoms with Gasteiger partial charge in [0.1, 0.15) is 0 Å². The third-order valence-corrected chi connectivity index (χ3v) is 0.885. The van der Waals surface area contributed by atoms with Gasteiger partial charge in [0.05, 0.1) is 0 Å². The normalized spacial score (nSPS) is 13.3. The summed E-state index contributed by atoms with van der Waals surface area (Å²) in [5, 5.41) is 0. The van der Waals surface area contributed by atoms with Crippen LogP contribution in [-0.2, 0) is 0 Å². The van der Waals surface area contributed by atoms with Crippen LogP contribution in [0.2, 0.25) is 0 Å². The first-order valence-electron chi connectivity index (χ1n) is 2.57. The standard InChI is InChI=1S/C7H12/c1-4-6-7(3)5-2/h4-6H,1-3H3/b6-4+,7-5?. The minimum Gasteiger partial charge on any atom is -0.0874 e. The van der Waals surface area contributed by atoms with Crippen LogP contribution in [0.5, 0.6) is 0 Å². The van der Waals surface area contributed by atoms with E-state index >= 15 is 0 Å². The van der Waals surface area contributed by atoms with Gasteiger partial charge in [-0.05, 0) is 20.8 Å². The van der Waals surface area contributed by atoms with E-state index in [0.717, 1.165) is 0 Å². The Hall–Kier alpha value is -0.520. The highest BCUT2D eigenvalue weighted by Gasteiger charge is 1.69. The van der Waals surface area contributed by atoms with Gasteiger partial charge in [0, 0.05) is 0 Å². The SMILES string of the molecule is CC=C(C)/C=C/C. The van der Waals surface area contributed by atoms with Gasteiger partial charge in [-0.3, -0.25) is 0 Å². The second kappa shape index (κ2) is 3.66. The molecule has 0 aliphatic heterocycles. The van der Waals surface area contributed by atoms with Gasteiger partial charge in [0.2, 0.25) is 0 Å². The molecule has 0 rings (SSSR count). The smallest absolute Gasteiger partial charge is 0.0401 e. The van der Waals surface area contributed by atoms with Gasteiger partial charge in [-0.25, -0.2) is 0 Å². The molecule has 0 atom stereocenters. The number of allylic oxidation sites excluding steroid dienone is 4. The lowest BCUT2D eigenvalue weighted by Crippen LogP contribution is -1.60. The number of rotatable bonds is 1. The van der Waals surface area contributed by atoms with Crippen LogP contribution in [0, 0.1) is 0 Å². The molecular weight excluding hydrogens is 84.1 g/mol. The summed E-state index contributed by atoms with van der Waals surface area (Å²) in [6.45, 7) is 6.14. The lowest BCUT2D eigenvalue weighted by molar-refractivity contribution is 1.46. The Bertz CT molecular complexity index is 86.2. The molecule has 0 fully saturated rings. The maximum Gasteiger partial charge on any atom is -0.0401 e. The highest BCUT2D eigenvalue weighted by molar-refractivity contribution is 5.13. The quantitative estimate of drug-likeness (QED) is 0.440. The van der Waals surface area contributed by atoms with Gasteiger partial charge in [0.25, 0.3) is 0 Å². The summed E-state index contributed by atoms with van der Waals surface area (Å²) in [6, 6.07) is 0. The molecule has 7 heavy (non-hydrogen) atoms. The van der Waals surface area contributed by atoms with Crippen LogP contribution in [0.3, 0.4) is 0 Å². The topological polar surface area (TPSA) is 0 Å². The minimum absolute atomic E-state index is 1.32. The van der Waals surface area contributed by atoms with Crippen molar-refractivity contribution in [2.24, 2.45) is 0 Å². The van der Waals surface area contributed by atoms with Gasteiger partial charge in [-0.1, -0.05) is 23.8 Å². The summed E-state index contributed by atoms with van der Waals surface area (Å²) < 4.78 is 0. The largest absolute Gasteiger partial charge is 0.0874 e. The summed E-state index contributed by atoms with van der Waals surface area (Å²) in [5.41, 5.74) is 1.32. The summed E-state index contributed by atoms with van der Waals surface area (Å²) in [5.74, 6) is 0. The van der Waals surface area contributed by atoms with E-state index in [1.54, 1.807) is 0 Å². The van der Waals surface area contributed by atoms with Gasteiger partial charge in [-0.15, -0.1) is 0 Å². The zero-order valence-electron chi connectivity index (χ0n) is 5.23. The van der Waals surface area contributed by atoms with Crippen molar-refractivity contribution in [1.29, 1.82) is 0 Å². The van der Waals surface area contributed by atoms with E-state index in [4.69, 9.17) is 0 Å². The molecule has 0 aromatic heterocycles. The molecule has 40 valence electrons. The van der Waals surface area contributed by atoms with Gasteiger partial charge in [-0.2, -0.15) is 0 Å².